The molecule has 0 aliphatic carbocycles. The topological polar surface area (TPSA) is 12.5 Å². The zero-order valence-electron chi connectivity index (χ0n) is 14.9. The van der Waals surface area contributed by atoms with Crippen molar-refractivity contribution in [3.05, 3.63) is 65.7 Å². The highest BCUT2D eigenvalue weighted by Gasteiger charge is 2.00. The van der Waals surface area contributed by atoms with Crippen LogP contribution in [0.2, 0.25) is 0 Å². The third-order valence-corrected chi connectivity index (χ3v) is 3.49. The van der Waals surface area contributed by atoms with Gasteiger partial charge in [-0.15, -0.1) is 0 Å². The lowest BCUT2D eigenvalue weighted by atomic mass is 10.1. The van der Waals surface area contributed by atoms with Crippen LogP contribution in [0.1, 0.15) is 27.7 Å². The average molecular weight is 287 g/mol. The van der Waals surface area contributed by atoms with Crippen LogP contribution in [-0.4, -0.2) is 31.1 Å². The average Bonchev–Trinajstić information content (AvgIpc) is 2.60. The molecule has 2 aromatic carbocycles. The maximum Gasteiger partial charge on any atom is 0.119 e. The number of benzene rings is 2. The van der Waals surface area contributed by atoms with Gasteiger partial charge >= 0.3 is 0 Å². The molecule has 2 heteroatoms. The quantitative estimate of drug-likeness (QED) is 0.727. The Morgan fingerprint density at radius 1 is 0.905 bits per heavy atom. The molecule has 0 aromatic heterocycles. The van der Waals surface area contributed by atoms with E-state index in [9.17, 15) is 0 Å². The normalized spacial score (nSPS) is 12.9. The molecule has 2 rings (SSSR count). The molecule has 2 nitrogen and oxygen atoms in total. The van der Waals surface area contributed by atoms with Crippen LogP contribution in [0.5, 0.6) is 5.75 Å². The number of rotatable bonds is 8. The van der Waals surface area contributed by atoms with Crippen LogP contribution in [0.25, 0.3) is 0 Å². The molecular formula is C19H25NO. The van der Waals surface area contributed by atoms with Gasteiger partial charge in [-0.2, -0.15) is 0 Å². The first-order valence-electron chi connectivity index (χ1n) is 8.59. The highest BCUT2D eigenvalue weighted by atomic mass is 16.5. The van der Waals surface area contributed by atoms with Gasteiger partial charge in [0.25, 0.3) is 0 Å². The number of likely N-dealkylation sites (N-methyl/N-ethyl adjacent to an activating group) is 1. The Morgan fingerprint density at radius 3 is 2.14 bits per heavy atom. The van der Waals surface area contributed by atoms with Crippen molar-refractivity contribution in [1.82, 2.24) is 4.90 Å². The van der Waals surface area contributed by atoms with E-state index in [1.807, 2.05) is 42.5 Å². The lowest BCUT2D eigenvalue weighted by molar-refractivity contribution is 0.223. The number of ether oxygens (including phenoxy) is 1. The molecule has 2 aromatic rings. The van der Waals surface area contributed by atoms with E-state index in [-0.39, 0.29) is 0 Å². The highest BCUT2D eigenvalue weighted by molar-refractivity contribution is 5.31. The van der Waals surface area contributed by atoms with Gasteiger partial charge in [-0.25, -0.2) is 0 Å². The fraction of sp³-hybridized carbons (Fsp3) is 0.368. The monoisotopic (exact) mass is 287 g/mol. The Kier molecular flexibility index (Phi) is 5.21. The van der Waals surface area contributed by atoms with Crippen LogP contribution in [0.3, 0.4) is 0 Å². The zero-order valence-corrected chi connectivity index (χ0v) is 12.9. The first-order chi connectivity index (χ1) is 11.1. The van der Waals surface area contributed by atoms with Crippen LogP contribution >= 0.6 is 0 Å². The van der Waals surface area contributed by atoms with Crippen molar-refractivity contribution in [2.45, 2.75) is 20.2 Å². The van der Waals surface area contributed by atoms with Gasteiger partial charge in [-0.1, -0.05) is 56.3 Å². The van der Waals surface area contributed by atoms with E-state index in [1.165, 1.54) is 0 Å². The summed E-state index contributed by atoms with van der Waals surface area (Å²) in [5, 5.41) is 0. The summed E-state index contributed by atoms with van der Waals surface area (Å²) in [6.07, 6.45) is -1.50. The summed E-state index contributed by atoms with van der Waals surface area (Å²) in [6.45, 7) is 7.88. The van der Waals surface area contributed by atoms with E-state index in [2.05, 4.69) is 18.7 Å². The van der Waals surface area contributed by atoms with E-state index in [0.717, 1.165) is 25.4 Å². The molecule has 0 saturated carbocycles. The van der Waals surface area contributed by atoms with E-state index in [0.29, 0.717) is 17.7 Å². The summed E-state index contributed by atoms with van der Waals surface area (Å²) in [7, 11) is 0. The molecule has 0 aliphatic rings. The van der Waals surface area contributed by atoms with Crippen LogP contribution in [0.4, 0.5) is 0 Å². The van der Waals surface area contributed by atoms with E-state index >= 15 is 0 Å². The zero-order chi connectivity index (χ0) is 16.7. The van der Waals surface area contributed by atoms with Gasteiger partial charge in [-0.05, 0) is 42.7 Å². The van der Waals surface area contributed by atoms with Crippen molar-refractivity contribution >= 4 is 0 Å². The first-order valence-corrected chi connectivity index (χ1v) is 7.59. The standard InChI is InChI=1S/C19H25NO/c1-3-20(4-2)14-15-21-19-12-10-18(11-13-19)16-17-8-6-5-7-9-17/h5-13H,3-4,14-16H2,1-2H3/i16T2. The lowest BCUT2D eigenvalue weighted by Crippen LogP contribution is -2.27. The van der Waals surface area contributed by atoms with Gasteiger partial charge in [0.05, 0.1) is 0 Å². The summed E-state index contributed by atoms with van der Waals surface area (Å²) in [5.41, 5.74) is 1.30. The molecule has 0 amide bonds. The second-order valence-electron chi connectivity index (χ2n) is 4.89. The van der Waals surface area contributed by atoms with Crippen molar-refractivity contribution in [1.29, 1.82) is 0 Å². The lowest BCUT2D eigenvalue weighted by Gasteiger charge is -2.18. The first kappa shape index (κ1) is 12.9. The Labute approximate surface area is 131 Å². The third-order valence-electron chi connectivity index (χ3n) is 3.49. The van der Waals surface area contributed by atoms with Gasteiger partial charge in [0.2, 0.25) is 0 Å². The Bertz CT molecular complexity index is 580. The molecule has 0 bridgehead atoms. The molecule has 0 atom stereocenters. The summed E-state index contributed by atoms with van der Waals surface area (Å²) in [6, 6.07) is 16.5. The third kappa shape index (κ3) is 5.24. The second-order valence-corrected chi connectivity index (χ2v) is 4.89. The Hall–Kier alpha value is -1.80. The molecular weight excluding hydrogens is 258 g/mol. The fourth-order valence-corrected chi connectivity index (χ4v) is 2.16. The summed E-state index contributed by atoms with van der Waals surface area (Å²) < 4.78 is 22.4. The summed E-state index contributed by atoms with van der Waals surface area (Å²) in [4.78, 5) is 2.31. The molecule has 0 spiro atoms. The number of nitrogens with zero attached hydrogens (tertiary/aromatic N) is 1. The summed E-state index contributed by atoms with van der Waals surface area (Å²) >= 11 is 0. The molecule has 0 heterocycles. The molecule has 0 saturated heterocycles. The van der Waals surface area contributed by atoms with E-state index < -0.39 is 6.37 Å². The molecule has 112 valence electrons. The minimum absolute atomic E-state index is 0.639. The predicted molar refractivity (Wildman–Crippen MR) is 89.0 cm³/mol. The molecule has 0 N–H and O–H groups in total. The van der Waals surface area contributed by atoms with Crippen molar-refractivity contribution in [2.75, 3.05) is 26.2 Å². The number of hydrogen-bond acceptors (Lipinski definition) is 2. The van der Waals surface area contributed by atoms with Crippen LogP contribution in [0, 0.1) is 0 Å². The highest BCUT2D eigenvalue weighted by Crippen LogP contribution is 2.15. The van der Waals surface area contributed by atoms with Crippen molar-refractivity contribution in [3.63, 3.8) is 0 Å². The fourth-order valence-electron chi connectivity index (χ4n) is 2.16. The second kappa shape index (κ2) is 8.48. The van der Waals surface area contributed by atoms with Crippen LogP contribution in [0.15, 0.2) is 54.6 Å². The number of hydrogen-bond donors (Lipinski definition) is 0. The van der Waals surface area contributed by atoms with Crippen molar-refractivity contribution in [3.8, 4) is 5.75 Å². The van der Waals surface area contributed by atoms with Gasteiger partial charge in [-0.3, -0.25) is 0 Å². The van der Waals surface area contributed by atoms with Gasteiger partial charge in [0.1, 0.15) is 12.4 Å². The van der Waals surface area contributed by atoms with Gasteiger partial charge in [0.15, 0.2) is 0 Å². The SMILES string of the molecule is [3H]C([3H])(c1ccccc1)c1ccc(OCCN(CC)CC)cc1. The van der Waals surface area contributed by atoms with Crippen molar-refractivity contribution in [2.24, 2.45) is 0 Å². The van der Waals surface area contributed by atoms with Gasteiger partial charge in [0, 0.05) is 9.29 Å². The maximum atomic E-state index is 8.34. The van der Waals surface area contributed by atoms with Gasteiger partial charge < -0.3 is 9.64 Å². The Balaban J connectivity index is 1.99. The maximum absolute atomic E-state index is 8.34. The summed E-state index contributed by atoms with van der Waals surface area (Å²) in [5.74, 6) is 0.782. The van der Waals surface area contributed by atoms with E-state index in [1.54, 1.807) is 12.1 Å². The molecule has 0 fully saturated rings. The predicted octanol–water partition coefficient (Wildman–Crippen LogP) is 4.00. The van der Waals surface area contributed by atoms with Crippen LogP contribution < -0.4 is 4.74 Å². The smallest absolute Gasteiger partial charge is 0.119 e. The van der Waals surface area contributed by atoms with E-state index in [4.69, 9.17) is 7.48 Å². The molecule has 0 aliphatic heterocycles. The van der Waals surface area contributed by atoms with Crippen LogP contribution in [-0.2, 0) is 6.37 Å². The van der Waals surface area contributed by atoms with Crippen molar-refractivity contribution < 1.29 is 7.48 Å². The minimum Gasteiger partial charge on any atom is -0.492 e. The Morgan fingerprint density at radius 2 is 1.52 bits per heavy atom. The molecule has 21 heavy (non-hydrogen) atoms. The molecule has 0 unspecified atom stereocenters. The largest absolute Gasteiger partial charge is 0.492 e. The molecule has 0 radical (unpaired) electrons. The minimum atomic E-state index is -1.50.